The van der Waals surface area contributed by atoms with Crippen LogP contribution < -0.4 is 4.50 Å². The summed E-state index contributed by atoms with van der Waals surface area (Å²) in [7, 11) is 1.32. The summed E-state index contributed by atoms with van der Waals surface area (Å²) in [6.07, 6.45) is 0. The summed E-state index contributed by atoms with van der Waals surface area (Å²) in [6.45, 7) is 0. The van der Waals surface area contributed by atoms with E-state index in [1.54, 1.807) is 0 Å². The van der Waals surface area contributed by atoms with Gasteiger partial charge in [0.1, 0.15) is 0 Å². The summed E-state index contributed by atoms with van der Waals surface area (Å²) in [5, 5.41) is 10.3. The Morgan fingerprint density at radius 3 is 2.31 bits per heavy atom. The van der Waals surface area contributed by atoms with Gasteiger partial charge in [-0.2, -0.15) is 0 Å². The Balaban J connectivity index is 2.93. The van der Waals surface area contributed by atoms with E-state index in [-0.39, 0.29) is 5.69 Å². The van der Waals surface area contributed by atoms with Gasteiger partial charge in [0.25, 0.3) is 0 Å². The number of hydrogen-bond acceptors (Lipinski definition) is 4. The van der Waals surface area contributed by atoms with Crippen LogP contribution in [0.4, 0.5) is 5.69 Å². The summed E-state index contributed by atoms with van der Waals surface area (Å²) >= 11 is -1.86. The molecule has 0 spiro atoms. The first-order chi connectivity index (χ1) is 6.15. The average Bonchev–Trinajstić information content (AvgIpc) is 2.17. The van der Waals surface area contributed by atoms with Crippen molar-refractivity contribution in [2.45, 2.75) is 0 Å². The standard InChI is InChI=1S/C6H4NO2.CH3O.Co.O/c8-7(9)6-4-2-1-3-5-6;1-2;;/h2-5H;1H3;;/q;-1;+1;. The van der Waals surface area contributed by atoms with Crippen LogP contribution in [0.1, 0.15) is 0 Å². The molecule has 1 rings (SSSR count). The van der Waals surface area contributed by atoms with E-state index >= 15 is 0 Å². The molecule has 0 bridgehead atoms. The van der Waals surface area contributed by atoms with Crippen molar-refractivity contribution < 1.29 is 26.5 Å². The zero-order valence-corrected chi connectivity index (χ0v) is 7.76. The topological polar surface area (TPSA) is 69.4 Å². The van der Waals surface area contributed by atoms with E-state index in [9.17, 15) is 14.0 Å². The first-order valence-corrected chi connectivity index (χ1v) is 4.63. The maximum atomic E-state index is 11.0. The van der Waals surface area contributed by atoms with Crippen LogP contribution in [0.3, 0.4) is 0 Å². The van der Waals surface area contributed by atoms with Gasteiger partial charge >= 0.3 is 78.2 Å². The molecule has 0 saturated heterocycles. The Labute approximate surface area is 78.7 Å². The molecule has 73 valence electrons. The van der Waals surface area contributed by atoms with Crippen LogP contribution >= 0.6 is 0 Å². The number of rotatable bonds is 3. The van der Waals surface area contributed by atoms with Crippen molar-refractivity contribution in [1.82, 2.24) is 0 Å². The molecule has 0 aliphatic heterocycles. The monoisotopic (exact) mass is 228 g/mol. The Morgan fingerprint density at radius 1 is 1.38 bits per heavy atom. The number of non-ortho nitro benzene ring substituents is 1. The van der Waals surface area contributed by atoms with Gasteiger partial charge in [0.05, 0.1) is 0 Å². The molecular weight excluding hydrogens is 221 g/mol. The van der Waals surface area contributed by atoms with Gasteiger partial charge < -0.3 is 0 Å². The molecule has 0 N–H and O–H groups in total. The van der Waals surface area contributed by atoms with E-state index in [0.717, 1.165) is 0 Å². The van der Waals surface area contributed by atoms with Gasteiger partial charge in [0.15, 0.2) is 0 Å². The van der Waals surface area contributed by atoms with E-state index < -0.39 is 18.8 Å². The summed E-state index contributed by atoms with van der Waals surface area (Å²) in [4.78, 5) is 9.74. The number of nitro groups is 1. The van der Waals surface area contributed by atoms with Crippen molar-refractivity contribution in [2.24, 2.45) is 0 Å². The SMILES string of the molecule is C[O][Co](=[O])[c]1ccc([N+](=O)[O-])cc1. The molecule has 6 heteroatoms. The van der Waals surface area contributed by atoms with E-state index in [0.29, 0.717) is 4.50 Å². The molecule has 1 aromatic carbocycles. The quantitative estimate of drug-likeness (QED) is 0.565. The molecule has 13 heavy (non-hydrogen) atoms. The third-order valence-corrected chi connectivity index (χ3v) is 2.53. The van der Waals surface area contributed by atoms with Crippen molar-refractivity contribution in [3.63, 3.8) is 0 Å². The Kier molecular flexibility index (Phi) is 3.23. The molecule has 0 amide bonds. The first kappa shape index (κ1) is 9.97. The molecule has 0 radical (unpaired) electrons. The van der Waals surface area contributed by atoms with Gasteiger partial charge in [-0.15, -0.1) is 0 Å². The molecule has 0 aromatic heterocycles. The zero-order chi connectivity index (χ0) is 9.84. The zero-order valence-electron chi connectivity index (χ0n) is 6.72. The summed E-state index contributed by atoms with van der Waals surface area (Å²) in [6, 6.07) is 5.42. The van der Waals surface area contributed by atoms with Crippen LogP contribution in [0.15, 0.2) is 24.3 Å². The van der Waals surface area contributed by atoms with Crippen LogP contribution in [0, 0.1) is 10.1 Å². The minimum atomic E-state index is -1.86. The molecule has 0 heterocycles. The van der Waals surface area contributed by atoms with E-state index in [1.165, 1.54) is 31.4 Å². The van der Waals surface area contributed by atoms with Gasteiger partial charge in [0.2, 0.25) is 0 Å². The van der Waals surface area contributed by atoms with Crippen molar-refractivity contribution >= 4 is 10.2 Å². The van der Waals surface area contributed by atoms with E-state index in [4.69, 9.17) is 0 Å². The molecular formula is C7H7CoNO4. The number of benzene rings is 1. The minimum absolute atomic E-state index is 0.0251. The molecule has 0 unspecified atom stereocenters. The van der Waals surface area contributed by atoms with Crippen molar-refractivity contribution in [3.8, 4) is 0 Å². The molecule has 0 saturated carbocycles. The number of nitro benzene ring substituents is 1. The number of nitrogens with zero attached hydrogens (tertiary/aromatic N) is 1. The predicted molar refractivity (Wildman–Crippen MR) is 40.4 cm³/mol. The van der Waals surface area contributed by atoms with Crippen LogP contribution in [0.25, 0.3) is 0 Å². The fourth-order valence-corrected chi connectivity index (χ4v) is 1.43. The Morgan fingerprint density at radius 2 is 1.92 bits per heavy atom. The number of hydrogen-bond donors (Lipinski definition) is 0. The van der Waals surface area contributed by atoms with E-state index in [1.807, 2.05) is 0 Å². The molecule has 0 fully saturated rings. The maximum absolute atomic E-state index is 11.0. The second-order valence-corrected chi connectivity index (χ2v) is 3.66. The van der Waals surface area contributed by atoms with Gasteiger partial charge in [0, 0.05) is 0 Å². The van der Waals surface area contributed by atoms with Gasteiger partial charge in [-0.3, -0.25) is 0 Å². The Hall–Kier alpha value is -1.11. The van der Waals surface area contributed by atoms with Crippen LogP contribution in [-0.2, 0) is 21.6 Å². The molecule has 0 atom stereocenters. The second-order valence-electron chi connectivity index (χ2n) is 2.04. The molecule has 1 aromatic rings. The van der Waals surface area contributed by atoms with Gasteiger partial charge in [-0.25, -0.2) is 0 Å². The van der Waals surface area contributed by atoms with Gasteiger partial charge in [-0.05, 0) is 0 Å². The van der Waals surface area contributed by atoms with Crippen molar-refractivity contribution in [1.29, 1.82) is 0 Å². The fourth-order valence-electron chi connectivity index (χ4n) is 0.725. The summed E-state index contributed by atoms with van der Waals surface area (Å²) < 4.78 is 16.1. The second kappa shape index (κ2) is 4.22. The third-order valence-electron chi connectivity index (χ3n) is 1.30. The van der Waals surface area contributed by atoms with Crippen molar-refractivity contribution in [3.05, 3.63) is 34.4 Å². The summed E-state index contributed by atoms with van der Waals surface area (Å²) in [5.41, 5.74) is -0.0251. The van der Waals surface area contributed by atoms with Crippen LogP contribution in [0.2, 0.25) is 0 Å². The molecule has 0 aliphatic carbocycles. The normalized spacial score (nSPS) is 11.0. The third kappa shape index (κ3) is 2.41. The van der Waals surface area contributed by atoms with E-state index in [2.05, 4.69) is 3.85 Å². The fraction of sp³-hybridized carbons (Fsp3) is 0.143. The van der Waals surface area contributed by atoms with Crippen LogP contribution in [-0.4, -0.2) is 12.0 Å². The molecule has 0 aliphatic rings. The summed E-state index contributed by atoms with van der Waals surface area (Å²) in [5.74, 6) is 0. The first-order valence-electron chi connectivity index (χ1n) is 3.26. The van der Waals surface area contributed by atoms with Crippen molar-refractivity contribution in [2.75, 3.05) is 7.11 Å². The van der Waals surface area contributed by atoms with Crippen LogP contribution in [0.5, 0.6) is 0 Å². The predicted octanol–water partition coefficient (Wildman–Crippen LogP) is 0.745. The van der Waals surface area contributed by atoms with Gasteiger partial charge in [-0.1, -0.05) is 0 Å². The molecule has 5 nitrogen and oxygen atoms in total. The average molecular weight is 228 g/mol. The Bertz CT molecular complexity index is 335.